The molecule has 4 aromatic rings. The van der Waals surface area contributed by atoms with Gasteiger partial charge in [0.2, 0.25) is 0 Å². The second-order valence-corrected chi connectivity index (χ2v) is 13.2. The Morgan fingerprint density at radius 2 is 0.982 bits per heavy atom. The Labute approximate surface area is 338 Å². The van der Waals surface area contributed by atoms with Crippen LogP contribution in [0.5, 0.6) is 0 Å². The summed E-state index contributed by atoms with van der Waals surface area (Å²) >= 11 is 0. The number of halogens is 4. The second kappa shape index (κ2) is 23.0. The fraction of sp³-hybridized carbons (Fsp3) is 0.304. The van der Waals surface area contributed by atoms with Crippen LogP contribution in [0.25, 0.3) is 0 Å². The van der Waals surface area contributed by atoms with E-state index in [2.05, 4.69) is 36.4 Å². The van der Waals surface area contributed by atoms with E-state index in [4.69, 9.17) is 9.47 Å². The summed E-state index contributed by atoms with van der Waals surface area (Å²) in [5, 5.41) is 0. The Morgan fingerprint density at radius 3 is 1.25 bits per heavy atom. The molecule has 4 nitrogen and oxygen atoms in total. The summed E-state index contributed by atoms with van der Waals surface area (Å²) in [6.07, 6.45) is 24.1. The Balaban J connectivity index is 0.000000192. The zero-order chi connectivity index (χ0) is 38.1. The summed E-state index contributed by atoms with van der Waals surface area (Å²) in [6.45, 7) is 6.56. The van der Waals surface area contributed by atoms with Crippen LogP contribution in [0.3, 0.4) is 0 Å². The Hall–Kier alpha value is -4.21. The molecule has 0 N–H and O–H groups in total. The molecule has 2 atom stereocenters. The van der Waals surface area contributed by atoms with Crippen molar-refractivity contribution in [3.63, 3.8) is 0 Å². The monoisotopic (exact) mass is 782 g/mol. The maximum absolute atomic E-state index is 14.2. The topological polar surface area (TPSA) is 24.9 Å². The normalized spacial score (nSPS) is 17.3. The van der Waals surface area contributed by atoms with Gasteiger partial charge in [-0.25, -0.2) is 41.9 Å². The van der Waals surface area contributed by atoms with E-state index in [1.54, 1.807) is 0 Å². The van der Waals surface area contributed by atoms with Gasteiger partial charge in [-0.05, 0) is 75.2 Å². The molecule has 2 heterocycles. The molecule has 0 amide bonds. The van der Waals surface area contributed by atoms with Crippen LogP contribution in [0.4, 0.5) is 40.3 Å². The molecule has 0 bridgehead atoms. The molecule has 4 aromatic carbocycles. The summed E-state index contributed by atoms with van der Waals surface area (Å²) in [5.41, 5.74) is 4.63. The first-order valence-electron chi connectivity index (χ1n) is 18.4. The van der Waals surface area contributed by atoms with Crippen LogP contribution in [-0.4, -0.2) is 38.5 Å². The third kappa shape index (κ3) is 14.1. The van der Waals surface area contributed by atoms with Crippen LogP contribution < -0.4 is 9.80 Å². The van der Waals surface area contributed by atoms with Crippen molar-refractivity contribution in [1.82, 2.24) is 0 Å². The van der Waals surface area contributed by atoms with E-state index in [-0.39, 0.29) is 33.9 Å². The quantitative estimate of drug-likeness (QED) is 0.101. The molecule has 2 aliphatic heterocycles. The van der Waals surface area contributed by atoms with Crippen molar-refractivity contribution in [3.05, 3.63) is 168 Å². The van der Waals surface area contributed by atoms with Crippen LogP contribution in [0, 0.1) is 61.4 Å². The molecule has 55 heavy (non-hydrogen) atoms. The Kier molecular flexibility index (Phi) is 18.2. The van der Waals surface area contributed by atoms with E-state index < -0.39 is 23.3 Å². The summed E-state index contributed by atoms with van der Waals surface area (Å²) in [4.78, 5) is 3.67. The number of allylic oxidation sites excluding steroid dienone is 8. The van der Waals surface area contributed by atoms with Crippen molar-refractivity contribution in [3.8, 4) is 0 Å². The molecule has 0 spiro atoms. The molecule has 2 unspecified atom stereocenters. The minimum atomic E-state index is -0.692. The zero-order valence-corrected chi connectivity index (χ0v) is 32.9. The number of anilines is 4. The summed E-state index contributed by atoms with van der Waals surface area (Å²) in [7, 11) is 0. The van der Waals surface area contributed by atoms with Gasteiger partial charge in [0.05, 0.1) is 12.2 Å². The van der Waals surface area contributed by atoms with Crippen molar-refractivity contribution < 1.29 is 48.8 Å². The minimum absolute atomic E-state index is 0. The molecule has 2 saturated heterocycles. The molecular formula is C46H46F4N2O2Ti. The average molecular weight is 783 g/mol. The van der Waals surface area contributed by atoms with E-state index in [1.165, 1.54) is 24.3 Å². The Bertz CT molecular complexity index is 1710. The van der Waals surface area contributed by atoms with E-state index in [0.717, 1.165) is 74.2 Å². The van der Waals surface area contributed by atoms with Gasteiger partial charge in [-0.1, -0.05) is 35.4 Å². The summed E-state index contributed by atoms with van der Waals surface area (Å²) < 4.78 is 65.9. The van der Waals surface area contributed by atoms with Crippen molar-refractivity contribution in [2.75, 3.05) is 36.1 Å². The predicted octanol–water partition coefficient (Wildman–Crippen LogP) is 11.4. The van der Waals surface area contributed by atoms with Crippen LogP contribution in [0.15, 0.2) is 109 Å². The number of nitrogens with zero attached hydrogens (tertiary/aromatic N) is 2. The van der Waals surface area contributed by atoms with E-state index in [9.17, 15) is 17.6 Å². The van der Waals surface area contributed by atoms with Crippen LogP contribution in [0.2, 0.25) is 0 Å². The maximum Gasteiger partial charge on any atom is 4.00 e. The van der Waals surface area contributed by atoms with Gasteiger partial charge < -0.3 is 19.3 Å². The zero-order valence-electron chi connectivity index (χ0n) is 31.3. The molecule has 4 aliphatic rings. The second-order valence-electron chi connectivity index (χ2n) is 13.2. The van der Waals surface area contributed by atoms with Gasteiger partial charge >= 0.3 is 21.7 Å². The van der Waals surface area contributed by atoms with Gasteiger partial charge in [-0.15, -0.1) is 49.2 Å². The molecule has 9 heteroatoms. The first-order chi connectivity index (χ1) is 26.3. The molecule has 2 aliphatic carbocycles. The van der Waals surface area contributed by atoms with Crippen LogP contribution in [-0.2, 0) is 31.2 Å². The van der Waals surface area contributed by atoms with E-state index in [1.807, 2.05) is 96.5 Å². The fourth-order valence-corrected chi connectivity index (χ4v) is 6.09. The summed E-state index contributed by atoms with van der Waals surface area (Å²) in [6, 6.07) is 25.2. The van der Waals surface area contributed by atoms with Crippen molar-refractivity contribution in [2.45, 2.75) is 64.6 Å². The average Bonchev–Trinajstić information content (AvgIpc) is 4.02. The maximum atomic E-state index is 14.2. The third-order valence-corrected chi connectivity index (χ3v) is 8.95. The van der Waals surface area contributed by atoms with Gasteiger partial charge in [0.15, 0.2) is 0 Å². The SMILES string of the molecule is Cc1ccc(N(CC2CCCO2)c2ccc(F)[c-]c2F)cc1.Cc1ccc(N(CC2CCCO2)c2ccc(F)[c-]c2F)cc1.[C-]1=CC=CC1.[C-]1=CC=CC1.[Ti+4]. The van der Waals surface area contributed by atoms with Crippen LogP contribution >= 0.6 is 0 Å². The molecule has 0 aromatic heterocycles. The third-order valence-electron chi connectivity index (χ3n) is 8.95. The summed E-state index contributed by atoms with van der Waals surface area (Å²) in [5.74, 6) is -2.75. The van der Waals surface area contributed by atoms with Crippen molar-refractivity contribution in [2.24, 2.45) is 0 Å². The van der Waals surface area contributed by atoms with Crippen molar-refractivity contribution >= 4 is 22.7 Å². The number of aryl methyl sites for hydroxylation is 2. The smallest absolute Gasteiger partial charge is 0.390 e. The molecular weight excluding hydrogens is 736 g/mol. The van der Waals surface area contributed by atoms with Gasteiger partial charge in [-0.3, -0.25) is 12.2 Å². The first kappa shape index (κ1) is 43.5. The molecule has 284 valence electrons. The number of hydrogen-bond acceptors (Lipinski definition) is 4. The number of rotatable bonds is 8. The largest absolute Gasteiger partial charge is 4.00 e. The minimum Gasteiger partial charge on any atom is -0.390 e. The molecule has 0 radical (unpaired) electrons. The molecule has 8 rings (SSSR count). The fourth-order valence-electron chi connectivity index (χ4n) is 6.09. The van der Waals surface area contributed by atoms with Gasteiger partial charge in [0, 0.05) is 60.9 Å². The number of hydrogen-bond donors (Lipinski definition) is 0. The predicted molar refractivity (Wildman–Crippen MR) is 208 cm³/mol. The van der Waals surface area contributed by atoms with Gasteiger partial charge in [0.25, 0.3) is 0 Å². The Morgan fingerprint density at radius 1 is 0.582 bits per heavy atom. The van der Waals surface area contributed by atoms with Crippen LogP contribution in [0.1, 0.15) is 49.7 Å². The standard InChI is InChI=1S/2C18H18F2NO.2C5H5.Ti/c2*1-13-4-7-15(8-5-13)21(12-16-3-2-10-22-16)18-9-6-14(19)11-17(18)20;2*1-2-4-5-3-1;/h2*4-9,16H,2-3,10,12H2,1H3;2*1-3H,4H2;/q4*-1;+4. The van der Waals surface area contributed by atoms with Gasteiger partial charge in [0.1, 0.15) is 0 Å². The first-order valence-corrected chi connectivity index (χ1v) is 18.4. The van der Waals surface area contributed by atoms with Crippen molar-refractivity contribution in [1.29, 1.82) is 0 Å². The van der Waals surface area contributed by atoms with Gasteiger partial charge in [-0.2, -0.15) is 12.2 Å². The van der Waals surface area contributed by atoms with E-state index >= 15 is 0 Å². The number of benzene rings is 4. The molecule has 0 saturated carbocycles. The molecule has 2 fully saturated rings. The number of ether oxygens (including phenoxy) is 2. The van der Waals surface area contributed by atoms with E-state index in [0.29, 0.717) is 24.5 Å².